The van der Waals surface area contributed by atoms with E-state index in [1.165, 1.54) is 5.56 Å². The van der Waals surface area contributed by atoms with Gasteiger partial charge in [0.25, 0.3) is 0 Å². The Kier molecular flexibility index (Phi) is 4.49. The maximum absolute atomic E-state index is 4.07. The molecule has 0 spiro atoms. The summed E-state index contributed by atoms with van der Waals surface area (Å²) < 4.78 is 3.04. The van der Waals surface area contributed by atoms with Crippen molar-refractivity contribution < 1.29 is 0 Å². The van der Waals surface area contributed by atoms with Gasteiger partial charge in [-0.2, -0.15) is 0 Å². The first-order valence-corrected chi connectivity index (χ1v) is 6.81. The molecule has 2 rings (SSSR count). The van der Waals surface area contributed by atoms with Crippen LogP contribution in [0.2, 0.25) is 0 Å². The second kappa shape index (κ2) is 6.11. The summed E-state index contributed by atoms with van der Waals surface area (Å²) in [6.07, 6.45) is 2.76. The average Bonchev–Trinajstić information content (AvgIpc) is 2.78. The predicted molar refractivity (Wildman–Crippen MR) is 75.0 cm³/mol. The second-order valence-corrected chi connectivity index (χ2v) is 5.17. The molecule has 0 aliphatic carbocycles. The van der Waals surface area contributed by atoms with Gasteiger partial charge in [0, 0.05) is 17.6 Å². The first kappa shape index (κ1) is 13.2. The van der Waals surface area contributed by atoms with Crippen molar-refractivity contribution in [1.29, 1.82) is 0 Å². The molecule has 1 heterocycles. The molecule has 1 unspecified atom stereocenters. The Morgan fingerprint density at radius 1 is 1.33 bits per heavy atom. The minimum absolute atomic E-state index is 0.342. The molecular formula is C13H17BrN4. The first-order valence-electron chi connectivity index (χ1n) is 6.02. The lowest BCUT2D eigenvalue weighted by molar-refractivity contribution is 0.501. The molecule has 2 aromatic rings. The van der Waals surface area contributed by atoms with Gasteiger partial charge in [0.2, 0.25) is 0 Å². The van der Waals surface area contributed by atoms with E-state index in [4.69, 9.17) is 0 Å². The van der Waals surface area contributed by atoms with Crippen molar-refractivity contribution in [3.05, 3.63) is 46.5 Å². The molecule has 1 aromatic heterocycles. The van der Waals surface area contributed by atoms with Crippen molar-refractivity contribution in [2.24, 2.45) is 7.05 Å². The highest BCUT2D eigenvalue weighted by Crippen LogP contribution is 2.19. The predicted octanol–water partition coefficient (Wildman–Crippen LogP) is 2.82. The highest BCUT2D eigenvalue weighted by atomic mass is 79.9. The number of hydrogen-bond donors (Lipinski definition) is 1. The minimum Gasteiger partial charge on any atom is -0.320 e. The summed E-state index contributed by atoms with van der Waals surface area (Å²) in [5.41, 5.74) is 1.29. The first-order chi connectivity index (χ1) is 8.70. The Morgan fingerprint density at radius 2 is 2.06 bits per heavy atom. The van der Waals surface area contributed by atoms with E-state index < -0.39 is 0 Å². The topological polar surface area (TPSA) is 42.7 Å². The summed E-state index contributed by atoms with van der Waals surface area (Å²) in [5.74, 6) is 0.950. The largest absolute Gasteiger partial charge is 0.320 e. The molecule has 0 bridgehead atoms. The van der Waals surface area contributed by atoms with Gasteiger partial charge in [-0.25, -0.2) is 0 Å². The number of halogens is 1. The molecule has 4 nitrogen and oxygen atoms in total. The van der Waals surface area contributed by atoms with Crippen LogP contribution in [-0.2, 0) is 13.6 Å². The summed E-state index contributed by atoms with van der Waals surface area (Å²) >= 11 is 3.45. The van der Waals surface area contributed by atoms with Crippen molar-refractivity contribution >= 4 is 15.9 Å². The Balaban J connectivity index is 2.01. The molecule has 0 fully saturated rings. The molecule has 0 saturated heterocycles. The van der Waals surface area contributed by atoms with E-state index >= 15 is 0 Å². The number of aryl methyl sites for hydroxylation is 1. The number of hydrogen-bond acceptors (Lipinski definition) is 3. The van der Waals surface area contributed by atoms with Gasteiger partial charge in [-0.15, -0.1) is 10.2 Å². The normalized spacial score (nSPS) is 12.6. The maximum atomic E-state index is 4.07. The molecule has 96 valence electrons. The molecule has 0 aliphatic rings. The summed E-state index contributed by atoms with van der Waals surface area (Å²) in [6, 6.07) is 8.77. The van der Waals surface area contributed by atoms with Crippen LogP contribution in [0.5, 0.6) is 0 Å². The molecular weight excluding hydrogens is 292 g/mol. The van der Waals surface area contributed by atoms with Crippen molar-refractivity contribution in [1.82, 2.24) is 20.1 Å². The summed E-state index contributed by atoms with van der Waals surface area (Å²) in [7, 11) is 1.96. The summed E-state index contributed by atoms with van der Waals surface area (Å²) in [6.45, 7) is 2.90. The molecule has 0 amide bonds. The van der Waals surface area contributed by atoms with Gasteiger partial charge in [-0.3, -0.25) is 0 Å². The van der Waals surface area contributed by atoms with Crippen LogP contribution < -0.4 is 5.32 Å². The minimum atomic E-state index is 0.342. The van der Waals surface area contributed by atoms with Gasteiger partial charge in [0.15, 0.2) is 0 Å². The van der Waals surface area contributed by atoms with Crippen LogP contribution in [0.15, 0.2) is 35.1 Å². The fourth-order valence-electron chi connectivity index (χ4n) is 1.87. The molecule has 0 radical (unpaired) electrons. The molecule has 0 saturated carbocycles. The van der Waals surface area contributed by atoms with Crippen LogP contribution in [0.4, 0.5) is 0 Å². The van der Waals surface area contributed by atoms with Gasteiger partial charge >= 0.3 is 0 Å². The number of nitrogens with zero attached hydrogens (tertiary/aromatic N) is 3. The zero-order valence-electron chi connectivity index (χ0n) is 10.6. The van der Waals surface area contributed by atoms with E-state index in [0.29, 0.717) is 6.04 Å². The summed E-state index contributed by atoms with van der Waals surface area (Å²) in [5, 5.41) is 11.5. The number of rotatable bonds is 5. The maximum Gasteiger partial charge on any atom is 0.146 e. The van der Waals surface area contributed by atoms with E-state index in [0.717, 1.165) is 23.3 Å². The highest BCUT2D eigenvalue weighted by Gasteiger charge is 2.10. The molecule has 18 heavy (non-hydrogen) atoms. The van der Waals surface area contributed by atoms with E-state index in [1.807, 2.05) is 11.6 Å². The van der Waals surface area contributed by atoms with Crippen LogP contribution in [0.1, 0.15) is 30.8 Å². The van der Waals surface area contributed by atoms with E-state index in [2.05, 4.69) is 62.6 Å². The molecule has 0 aliphatic heterocycles. The molecule has 5 heteroatoms. The standard InChI is InChI=1S/C13H17BrN4/c1-3-12(10-4-6-11(14)7-5-10)15-8-13-17-16-9-18(13)2/h4-7,9,12,15H,3,8H2,1-2H3. The van der Waals surface area contributed by atoms with E-state index in [9.17, 15) is 0 Å². The molecule has 1 atom stereocenters. The quantitative estimate of drug-likeness (QED) is 0.923. The number of nitrogens with one attached hydrogen (secondary N) is 1. The van der Waals surface area contributed by atoms with E-state index in [-0.39, 0.29) is 0 Å². The van der Waals surface area contributed by atoms with E-state index in [1.54, 1.807) is 6.33 Å². The number of benzene rings is 1. The lowest BCUT2D eigenvalue weighted by Gasteiger charge is -2.17. The van der Waals surface area contributed by atoms with Gasteiger partial charge in [0.1, 0.15) is 12.2 Å². The van der Waals surface area contributed by atoms with Gasteiger partial charge in [-0.1, -0.05) is 35.0 Å². The summed E-state index contributed by atoms with van der Waals surface area (Å²) in [4.78, 5) is 0. The Morgan fingerprint density at radius 3 is 2.61 bits per heavy atom. The van der Waals surface area contributed by atoms with Crippen molar-refractivity contribution in [2.75, 3.05) is 0 Å². The van der Waals surface area contributed by atoms with Crippen LogP contribution >= 0.6 is 15.9 Å². The zero-order valence-corrected chi connectivity index (χ0v) is 12.2. The number of aromatic nitrogens is 3. The van der Waals surface area contributed by atoms with Crippen molar-refractivity contribution in [3.8, 4) is 0 Å². The van der Waals surface area contributed by atoms with Crippen LogP contribution in [-0.4, -0.2) is 14.8 Å². The molecule has 1 N–H and O–H groups in total. The SMILES string of the molecule is CCC(NCc1nncn1C)c1ccc(Br)cc1. The van der Waals surface area contributed by atoms with Gasteiger partial charge in [-0.05, 0) is 24.1 Å². The fourth-order valence-corrected chi connectivity index (χ4v) is 2.14. The second-order valence-electron chi connectivity index (χ2n) is 4.25. The van der Waals surface area contributed by atoms with Gasteiger partial charge < -0.3 is 9.88 Å². The third-order valence-electron chi connectivity index (χ3n) is 2.99. The van der Waals surface area contributed by atoms with Gasteiger partial charge in [0.05, 0.1) is 6.54 Å². The van der Waals surface area contributed by atoms with Crippen LogP contribution in [0, 0.1) is 0 Å². The Labute approximate surface area is 116 Å². The zero-order chi connectivity index (χ0) is 13.0. The Bertz CT molecular complexity index is 492. The third kappa shape index (κ3) is 3.17. The lowest BCUT2D eigenvalue weighted by Crippen LogP contribution is -2.22. The average molecular weight is 309 g/mol. The Hall–Kier alpha value is -1.20. The smallest absolute Gasteiger partial charge is 0.146 e. The third-order valence-corrected chi connectivity index (χ3v) is 3.52. The van der Waals surface area contributed by atoms with Crippen LogP contribution in [0.25, 0.3) is 0 Å². The van der Waals surface area contributed by atoms with Crippen LogP contribution in [0.3, 0.4) is 0 Å². The van der Waals surface area contributed by atoms with Crippen molar-refractivity contribution in [3.63, 3.8) is 0 Å². The molecule has 1 aromatic carbocycles. The highest BCUT2D eigenvalue weighted by molar-refractivity contribution is 9.10. The van der Waals surface area contributed by atoms with Crippen molar-refractivity contribution in [2.45, 2.75) is 25.9 Å². The lowest BCUT2D eigenvalue weighted by atomic mass is 10.0. The fraction of sp³-hybridized carbons (Fsp3) is 0.385. The monoisotopic (exact) mass is 308 g/mol.